The van der Waals surface area contributed by atoms with Gasteiger partial charge in [-0.05, 0) is 61.4 Å². The number of anilines is 3. The van der Waals surface area contributed by atoms with Crippen molar-refractivity contribution in [1.82, 2.24) is 0 Å². The van der Waals surface area contributed by atoms with Crippen molar-refractivity contribution in [3.63, 3.8) is 0 Å². The molecule has 1 saturated heterocycles. The lowest BCUT2D eigenvalue weighted by Crippen LogP contribution is -2.38. The van der Waals surface area contributed by atoms with E-state index in [0.717, 1.165) is 22.0 Å². The Morgan fingerprint density at radius 2 is 1.64 bits per heavy atom. The molecule has 0 atom stereocenters. The summed E-state index contributed by atoms with van der Waals surface area (Å²) in [4.78, 5) is 26.7. The van der Waals surface area contributed by atoms with Crippen LogP contribution >= 0.6 is 0 Å². The number of sulfonamides is 1. The molecule has 170 valence electrons. The number of nitrogens with zero attached hydrogens (tertiary/aromatic N) is 2. The maximum absolute atomic E-state index is 13.4. The largest absolute Gasteiger partial charge is 0.325 e. The molecule has 0 aliphatic carbocycles. The average Bonchev–Trinajstić information content (AvgIpc) is 3.25. The minimum Gasteiger partial charge on any atom is -0.325 e. The Balaban J connectivity index is 1.56. The molecule has 1 fully saturated rings. The van der Waals surface area contributed by atoms with Gasteiger partial charge in [0.25, 0.3) is 10.0 Å². The monoisotopic (exact) mass is 463 g/mol. The van der Waals surface area contributed by atoms with Crippen LogP contribution in [0.15, 0.2) is 83.8 Å². The number of benzene rings is 3. The Morgan fingerprint density at radius 1 is 0.970 bits per heavy atom. The van der Waals surface area contributed by atoms with Crippen molar-refractivity contribution in [1.29, 1.82) is 0 Å². The van der Waals surface area contributed by atoms with Gasteiger partial charge >= 0.3 is 0 Å². The summed E-state index contributed by atoms with van der Waals surface area (Å²) in [7, 11) is -3.96. The summed E-state index contributed by atoms with van der Waals surface area (Å²) >= 11 is 0. The molecule has 0 radical (unpaired) electrons. The fraction of sp³-hybridized carbons (Fsp3) is 0.200. The van der Waals surface area contributed by atoms with Crippen molar-refractivity contribution in [3.05, 3.63) is 84.4 Å². The van der Waals surface area contributed by atoms with Gasteiger partial charge in [0.2, 0.25) is 11.8 Å². The number of rotatable bonds is 7. The van der Waals surface area contributed by atoms with E-state index in [1.165, 1.54) is 12.1 Å². The SMILES string of the molecule is Cc1ccccc1N(CC(=O)Nc1ccc(N2CCCC2=O)cc1)S(=O)(=O)c1ccccc1. The van der Waals surface area contributed by atoms with Crippen LogP contribution in [-0.4, -0.2) is 33.3 Å². The van der Waals surface area contributed by atoms with Crippen molar-refractivity contribution >= 4 is 38.9 Å². The molecule has 3 aromatic rings. The number of para-hydroxylation sites is 1. The van der Waals surface area contributed by atoms with Gasteiger partial charge in [0, 0.05) is 24.3 Å². The zero-order chi connectivity index (χ0) is 23.4. The smallest absolute Gasteiger partial charge is 0.264 e. The Kier molecular flexibility index (Phi) is 6.46. The fourth-order valence-electron chi connectivity index (χ4n) is 3.84. The number of hydrogen-bond acceptors (Lipinski definition) is 4. The lowest BCUT2D eigenvalue weighted by Gasteiger charge is -2.25. The van der Waals surface area contributed by atoms with Crippen molar-refractivity contribution in [2.75, 3.05) is 27.6 Å². The van der Waals surface area contributed by atoms with Gasteiger partial charge in [0.1, 0.15) is 6.54 Å². The first kappa shape index (κ1) is 22.5. The maximum atomic E-state index is 13.4. The molecule has 0 unspecified atom stereocenters. The quantitative estimate of drug-likeness (QED) is 0.575. The highest BCUT2D eigenvalue weighted by Gasteiger charge is 2.28. The van der Waals surface area contributed by atoms with Gasteiger partial charge in [0.05, 0.1) is 10.6 Å². The number of nitrogens with one attached hydrogen (secondary N) is 1. The lowest BCUT2D eigenvalue weighted by molar-refractivity contribution is -0.117. The summed E-state index contributed by atoms with van der Waals surface area (Å²) in [5.41, 5.74) is 2.49. The molecule has 1 heterocycles. The predicted octanol–water partition coefficient (Wildman–Crippen LogP) is 3.96. The third-order valence-corrected chi connectivity index (χ3v) is 7.31. The molecule has 33 heavy (non-hydrogen) atoms. The molecule has 1 aliphatic heterocycles. The van der Waals surface area contributed by atoms with Crippen molar-refractivity contribution in [2.45, 2.75) is 24.7 Å². The van der Waals surface area contributed by atoms with E-state index < -0.39 is 15.9 Å². The molecule has 0 spiro atoms. The van der Waals surface area contributed by atoms with Crippen molar-refractivity contribution < 1.29 is 18.0 Å². The molecule has 1 N–H and O–H groups in total. The first-order valence-electron chi connectivity index (χ1n) is 10.7. The second-order valence-corrected chi connectivity index (χ2v) is 9.72. The summed E-state index contributed by atoms with van der Waals surface area (Å²) in [6.45, 7) is 2.11. The van der Waals surface area contributed by atoms with Gasteiger partial charge in [-0.1, -0.05) is 36.4 Å². The highest BCUT2D eigenvalue weighted by Crippen LogP contribution is 2.27. The Bertz CT molecular complexity index is 1260. The van der Waals surface area contributed by atoms with E-state index in [4.69, 9.17) is 0 Å². The molecular weight excluding hydrogens is 438 g/mol. The van der Waals surface area contributed by atoms with Crippen LogP contribution in [0.5, 0.6) is 0 Å². The van der Waals surface area contributed by atoms with E-state index in [-0.39, 0.29) is 17.3 Å². The third kappa shape index (κ3) is 4.90. The van der Waals surface area contributed by atoms with Crippen molar-refractivity contribution in [3.8, 4) is 0 Å². The summed E-state index contributed by atoms with van der Waals surface area (Å²) < 4.78 is 27.9. The second kappa shape index (κ2) is 9.46. The summed E-state index contributed by atoms with van der Waals surface area (Å²) in [5, 5.41) is 2.77. The van der Waals surface area contributed by atoms with Gasteiger partial charge in [-0.25, -0.2) is 8.42 Å². The van der Waals surface area contributed by atoms with Crippen LogP contribution < -0.4 is 14.5 Å². The minimum absolute atomic E-state index is 0.0896. The zero-order valence-electron chi connectivity index (χ0n) is 18.3. The van der Waals surface area contributed by atoms with Crippen LogP contribution in [0.2, 0.25) is 0 Å². The van der Waals surface area contributed by atoms with E-state index >= 15 is 0 Å². The predicted molar refractivity (Wildman–Crippen MR) is 129 cm³/mol. The van der Waals surface area contributed by atoms with Gasteiger partial charge in [0.15, 0.2) is 0 Å². The molecule has 3 aromatic carbocycles. The van der Waals surface area contributed by atoms with Crippen LogP contribution in [0.1, 0.15) is 18.4 Å². The Labute approximate surface area is 193 Å². The molecule has 2 amide bonds. The summed E-state index contributed by atoms with van der Waals surface area (Å²) in [5.74, 6) is -0.380. The standard InChI is InChI=1S/C25H25N3O4S/c1-19-8-5-6-11-23(19)28(33(31,32)22-9-3-2-4-10-22)18-24(29)26-20-13-15-21(16-14-20)27-17-7-12-25(27)30/h2-6,8-11,13-16H,7,12,17-18H2,1H3,(H,26,29). The summed E-state index contributed by atoms with van der Waals surface area (Å²) in [6, 6.07) is 22.1. The lowest BCUT2D eigenvalue weighted by atomic mass is 10.2. The van der Waals surface area contributed by atoms with Crippen molar-refractivity contribution in [2.24, 2.45) is 0 Å². The number of carbonyl (C=O) groups excluding carboxylic acids is 2. The molecule has 0 saturated carbocycles. The molecule has 8 heteroatoms. The topological polar surface area (TPSA) is 86.8 Å². The van der Waals surface area contributed by atoms with Gasteiger partial charge in [-0.2, -0.15) is 0 Å². The van der Waals surface area contributed by atoms with Crippen LogP contribution in [-0.2, 0) is 19.6 Å². The molecule has 0 bridgehead atoms. The van der Waals surface area contributed by atoms with Gasteiger partial charge < -0.3 is 10.2 Å². The Hall–Kier alpha value is -3.65. The molecule has 7 nitrogen and oxygen atoms in total. The van der Waals surface area contributed by atoms with Crippen LogP contribution in [0, 0.1) is 6.92 Å². The zero-order valence-corrected chi connectivity index (χ0v) is 19.1. The third-order valence-electron chi connectivity index (χ3n) is 5.54. The van der Waals surface area contributed by atoms with Crippen LogP contribution in [0.25, 0.3) is 0 Å². The maximum Gasteiger partial charge on any atom is 0.264 e. The van der Waals surface area contributed by atoms with E-state index in [9.17, 15) is 18.0 Å². The first-order chi connectivity index (χ1) is 15.9. The minimum atomic E-state index is -3.96. The normalized spacial score (nSPS) is 13.7. The first-order valence-corrected chi connectivity index (χ1v) is 12.1. The fourth-order valence-corrected chi connectivity index (χ4v) is 5.35. The number of amides is 2. The Morgan fingerprint density at radius 3 is 2.27 bits per heavy atom. The van der Waals surface area contributed by atoms with E-state index in [1.54, 1.807) is 72.5 Å². The summed E-state index contributed by atoms with van der Waals surface area (Å²) in [6.07, 6.45) is 1.38. The average molecular weight is 464 g/mol. The highest BCUT2D eigenvalue weighted by molar-refractivity contribution is 7.92. The van der Waals surface area contributed by atoms with E-state index in [1.807, 2.05) is 6.07 Å². The van der Waals surface area contributed by atoms with Gasteiger partial charge in [-0.3, -0.25) is 13.9 Å². The second-order valence-electron chi connectivity index (χ2n) is 7.86. The van der Waals surface area contributed by atoms with Crippen LogP contribution in [0.3, 0.4) is 0 Å². The number of carbonyl (C=O) groups is 2. The van der Waals surface area contributed by atoms with Gasteiger partial charge in [-0.15, -0.1) is 0 Å². The van der Waals surface area contributed by atoms with E-state index in [0.29, 0.717) is 24.3 Å². The number of hydrogen-bond donors (Lipinski definition) is 1. The van der Waals surface area contributed by atoms with E-state index in [2.05, 4.69) is 5.32 Å². The molecule has 4 rings (SSSR count). The molecule has 0 aromatic heterocycles. The highest BCUT2D eigenvalue weighted by atomic mass is 32.2. The molecule has 1 aliphatic rings. The molecular formula is C25H25N3O4S. The number of aryl methyl sites for hydroxylation is 1. The van der Waals surface area contributed by atoms with Crippen LogP contribution in [0.4, 0.5) is 17.1 Å².